The van der Waals surface area contributed by atoms with Gasteiger partial charge in [0.1, 0.15) is 0 Å². The Morgan fingerprint density at radius 2 is 2.39 bits per heavy atom. The van der Waals surface area contributed by atoms with Crippen LogP contribution in [0.4, 0.5) is 0 Å². The average molecular weight is 285 g/mol. The molecule has 1 N–H and O–H groups in total. The van der Waals surface area contributed by atoms with Crippen molar-refractivity contribution in [3.63, 3.8) is 0 Å². The molecule has 0 spiro atoms. The first-order chi connectivity index (χ1) is 8.76. The van der Waals surface area contributed by atoms with E-state index in [1.807, 2.05) is 0 Å². The molecule has 2 nitrogen and oxygen atoms in total. The number of hydrogen-bond acceptors (Lipinski definition) is 3. The molecular weight excluding hydrogens is 264 g/mol. The van der Waals surface area contributed by atoms with E-state index in [2.05, 4.69) is 23.2 Å². The first-order valence-corrected chi connectivity index (χ1v) is 8.19. The standard InChI is InChI=1S/C14H21ClN2S/c1-2-17-6-5-10(9-17)8-16-12-3-4-13-11(12)7-14(15)18-13/h7,10,12,16H,2-6,8-9H2,1H3. The highest BCUT2D eigenvalue weighted by Gasteiger charge is 2.27. The third-order valence-electron chi connectivity index (χ3n) is 4.32. The van der Waals surface area contributed by atoms with Crippen molar-refractivity contribution in [2.75, 3.05) is 26.2 Å². The van der Waals surface area contributed by atoms with E-state index in [0.717, 1.165) is 16.8 Å². The van der Waals surface area contributed by atoms with Gasteiger partial charge in [0.2, 0.25) is 0 Å². The molecule has 1 fully saturated rings. The Labute approximate surface area is 118 Å². The predicted octanol–water partition coefficient (Wildman–Crippen LogP) is 3.32. The number of rotatable bonds is 4. The van der Waals surface area contributed by atoms with Crippen LogP contribution in [0.15, 0.2) is 6.07 Å². The van der Waals surface area contributed by atoms with Gasteiger partial charge in [-0.05, 0) is 56.4 Å². The molecule has 0 amide bonds. The van der Waals surface area contributed by atoms with E-state index in [1.54, 1.807) is 11.3 Å². The highest BCUT2D eigenvalue weighted by Crippen LogP contribution is 2.39. The number of fused-ring (bicyclic) bond motifs is 1. The monoisotopic (exact) mass is 284 g/mol. The second-order valence-electron chi connectivity index (χ2n) is 5.48. The van der Waals surface area contributed by atoms with Crippen LogP contribution in [0.2, 0.25) is 4.34 Å². The molecule has 2 unspecified atom stereocenters. The van der Waals surface area contributed by atoms with E-state index in [9.17, 15) is 0 Å². The predicted molar refractivity (Wildman–Crippen MR) is 78.6 cm³/mol. The zero-order valence-corrected chi connectivity index (χ0v) is 12.5. The zero-order chi connectivity index (χ0) is 12.5. The first-order valence-electron chi connectivity index (χ1n) is 7.00. The Balaban J connectivity index is 1.53. The van der Waals surface area contributed by atoms with Crippen LogP contribution in [0.5, 0.6) is 0 Å². The molecule has 2 heterocycles. The maximum absolute atomic E-state index is 6.09. The normalized spacial score (nSPS) is 27.9. The van der Waals surface area contributed by atoms with Crippen LogP contribution in [-0.4, -0.2) is 31.1 Å². The van der Waals surface area contributed by atoms with Crippen molar-refractivity contribution >= 4 is 22.9 Å². The minimum absolute atomic E-state index is 0.555. The summed E-state index contributed by atoms with van der Waals surface area (Å²) in [5.41, 5.74) is 1.47. The van der Waals surface area contributed by atoms with Gasteiger partial charge in [0.15, 0.2) is 0 Å². The molecule has 1 aromatic rings. The van der Waals surface area contributed by atoms with E-state index in [1.165, 1.54) is 49.3 Å². The zero-order valence-electron chi connectivity index (χ0n) is 10.9. The maximum atomic E-state index is 6.09. The fraction of sp³-hybridized carbons (Fsp3) is 0.714. The van der Waals surface area contributed by atoms with E-state index in [4.69, 9.17) is 11.6 Å². The second-order valence-corrected chi connectivity index (χ2v) is 7.24. The van der Waals surface area contributed by atoms with Crippen molar-refractivity contribution in [2.24, 2.45) is 5.92 Å². The molecular formula is C14H21ClN2S. The van der Waals surface area contributed by atoms with Crippen LogP contribution in [0.25, 0.3) is 0 Å². The summed E-state index contributed by atoms with van der Waals surface area (Å²) in [6, 6.07) is 2.72. The molecule has 3 rings (SSSR count). The Morgan fingerprint density at radius 3 is 3.17 bits per heavy atom. The maximum Gasteiger partial charge on any atom is 0.0934 e. The lowest BCUT2D eigenvalue weighted by molar-refractivity contribution is 0.335. The van der Waals surface area contributed by atoms with Gasteiger partial charge in [-0.15, -0.1) is 11.3 Å². The summed E-state index contributed by atoms with van der Waals surface area (Å²) in [6.45, 7) is 7.17. The Kier molecular flexibility index (Phi) is 3.94. The van der Waals surface area contributed by atoms with Crippen LogP contribution in [0.1, 0.15) is 36.2 Å². The molecule has 0 saturated carbocycles. The van der Waals surface area contributed by atoms with Gasteiger partial charge in [0, 0.05) is 17.5 Å². The number of nitrogens with one attached hydrogen (secondary N) is 1. The molecule has 0 bridgehead atoms. The van der Waals surface area contributed by atoms with Gasteiger partial charge in [-0.25, -0.2) is 0 Å². The number of thiophene rings is 1. The number of hydrogen-bond donors (Lipinski definition) is 1. The van der Waals surface area contributed by atoms with E-state index in [0.29, 0.717) is 6.04 Å². The number of halogens is 1. The molecule has 4 heteroatoms. The van der Waals surface area contributed by atoms with Crippen molar-refractivity contribution in [3.05, 3.63) is 20.8 Å². The van der Waals surface area contributed by atoms with Crippen LogP contribution >= 0.6 is 22.9 Å². The molecule has 18 heavy (non-hydrogen) atoms. The molecule has 1 aromatic heterocycles. The Bertz CT molecular complexity index is 418. The summed E-state index contributed by atoms with van der Waals surface area (Å²) >= 11 is 7.85. The minimum Gasteiger partial charge on any atom is -0.310 e. The van der Waals surface area contributed by atoms with Gasteiger partial charge >= 0.3 is 0 Å². The van der Waals surface area contributed by atoms with Crippen LogP contribution < -0.4 is 5.32 Å². The van der Waals surface area contributed by atoms with Gasteiger partial charge in [0.25, 0.3) is 0 Å². The molecule has 0 aromatic carbocycles. The lowest BCUT2D eigenvalue weighted by Crippen LogP contribution is -2.28. The third kappa shape index (κ3) is 2.60. The van der Waals surface area contributed by atoms with Crippen molar-refractivity contribution in [2.45, 2.75) is 32.2 Å². The minimum atomic E-state index is 0.555. The lowest BCUT2D eigenvalue weighted by atomic mass is 10.1. The molecule has 1 saturated heterocycles. The smallest absolute Gasteiger partial charge is 0.0934 e. The quantitative estimate of drug-likeness (QED) is 0.912. The highest BCUT2D eigenvalue weighted by atomic mass is 35.5. The summed E-state index contributed by atoms with van der Waals surface area (Å²) in [7, 11) is 0. The molecule has 1 aliphatic heterocycles. The van der Waals surface area contributed by atoms with Crippen molar-refractivity contribution < 1.29 is 0 Å². The van der Waals surface area contributed by atoms with Crippen molar-refractivity contribution in [3.8, 4) is 0 Å². The highest BCUT2D eigenvalue weighted by molar-refractivity contribution is 7.16. The Hall–Kier alpha value is -0.0900. The van der Waals surface area contributed by atoms with E-state index in [-0.39, 0.29) is 0 Å². The molecule has 1 aliphatic carbocycles. The molecule has 100 valence electrons. The van der Waals surface area contributed by atoms with Crippen LogP contribution in [0.3, 0.4) is 0 Å². The number of aryl methyl sites for hydroxylation is 1. The fourth-order valence-electron chi connectivity index (χ4n) is 3.22. The SMILES string of the molecule is CCN1CCC(CNC2CCc3sc(Cl)cc32)C1. The summed E-state index contributed by atoms with van der Waals surface area (Å²) in [5, 5.41) is 3.76. The third-order valence-corrected chi connectivity index (χ3v) is 5.66. The van der Waals surface area contributed by atoms with Crippen LogP contribution in [-0.2, 0) is 6.42 Å². The first kappa shape index (κ1) is 12.9. The van der Waals surface area contributed by atoms with E-state index < -0.39 is 0 Å². The number of likely N-dealkylation sites (tertiary alicyclic amines) is 1. The molecule has 0 radical (unpaired) electrons. The lowest BCUT2D eigenvalue weighted by Gasteiger charge is -2.17. The summed E-state index contributed by atoms with van der Waals surface area (Å²) in [6.07, 6.45) is 3.81. The largest absolute Gasteiger partial charge is 0.310 e. The topological polar surface area (TPSA) is 15.3 Å². The average Bonchev–Trinajstić information content (AvgIpc) is 3.02. The van der Waals surface area contributed by atoms with E-state index >= 15 is 0 Å². The fourth-order valence-corrected chi connectivity index (χ4v) is 4.57. The summed E-state index contributed by atoms with van der Waals surface area (Å²) in [4.78, 5) is 4.05. The number of nitrogens with zero attached hydrogens (tertiary/aromatic N) is 1. The van der Waals surface area contributed by atoms with Gasteiger partial charge in [-0.2, -0.15) is 0 Å². The van der Waals surface area contributed by atoms with Crippen LogP contribution in [0, 0.1) is 5.92 Å². The summed E-state index contributed by atoms with van der Waals surface area (Å²) < 4.78 is 0.949. The van der Waals surface area contributed by atoms with Gasteiger partial charge in [-0.1, -0.05) is 18.5 Å². The summed E-state index contributed by atoms with van der Waals surface area (Å²) in [5.74, 6) is 0.836. The van der Waals surface area contributed by atoms with Crippen molar-refractivity contribution in [1.82, 2.24) is 10.2 Å². The van der Waals surface area contributed by atoms with Gasteiger partial charge in [-0.3, -0.25) is 0 Å². The van der Waals surface area contributed by atoms with Gasteiger partial charge in [0.05, 0.1) is 4.34 Å². The second kappa shape index (κ2) is 5.49. The Morgan fingerprint density at radius 1 is 1.50 bits per heavy atom. The van der Waals surface area contributed by atoms with Crippen molar-refractivity contribution in [1.29, 1.82) is 0 Å². The molecule has 2 aliphatic rings. The van der Waals surface area contributed by atoms with Gasteiger partial charge < -0.3 is 10.2 Å². The molecule has 2 atom stereocenters.